The molecule has 2 aromatic rings. The molecule has 1 amide bonds. The average molecular weight is 430 g/mol. The molecule has 1 N–H and O–H groups in total. The molecule has 1 saturated heterocycles. The second-order valence-electron chi connectivity index (χ2n) is 8.59. The molecule has 1 saturated carbocycles. The van der Waals surface area contributed by atoms with Crippen molar-refractivity contribution in [3.8, 4) is 0 Å². The summed E-state index contributed by atoms with van der Waals surface area (Å²) < 4.78 is 13.2. The average Bonchev–Trinajstić information content (AvgIpc) is 3.30. The van der Waals surface area contributed by atoms with Crippen LogP contribution in [0.4, 0.5) is 10.1 Å². The van der Waals surface area contributed by atoms with Crippen LogP contribution >= 0.6 is 11.3 Å². The van der Waals surface area contributed by atoms with Crippen molar-refractivity contribution in [2.24, 2.45) is 5.92 Å². The minimum atomic E-state index is -0.197. The number of rotatable bonds is 6. The third-order valence-electron chi connectivity index (χ3n) is 6.55. The second kappa shape index (κ2) is 9.92. The molecule has 0 radical (unpaired) electrons. The van der Waals surface area contributed by atoms with Crippen LogP contribution in [0.5, 0.6) is 0 Å². The zero-order valence-electron chi connectivity index (χ0n) is 17.7. The second-order valence-corrected chi connectivity index (χ2v) is 9.57. The lowest BCUT2D eigenvalue weighted by molar-refractivity contribution is -0.127. The SMILES string of the molecule is C[C@H](NC(=O)C1CCCCC1)[C@@H](c1cccs1)N1CCN(c2ccc(F)cc2)CC1. The Morgan fingerprint density at radius 2 is 1.77 bits per heavy atom. The van der Waals surface area contributed by atoms with Gasteiger partial charge in [0.05, 0.1) is 6.04 Å². The van der Waals surface area contributed by atoms with E-state index in [1.165, 1.54) is 36.3 Å². The first-order valence-corrected chi connectivity index (χ1v) is 12.1. The predicted octanol–water partition coefficient (Wildman–Crippen LogP) is 4.84. The molecule has 0 spiro atoms. The van der Waals surface area contributed by atoms with Crippen LogP contribution in [0, 0.1) is 11.7 Å². The van der Waals surface area contributed by atoms with E-state index in [2.05, 4.69) is 39.6 Å². The molecule has 0 unspecified atom stereocenters. The van der Waals surface area contributed by atoms with Crippen LogP contribution in [-0.2, 0) is 4.79 Å². The molecule has 4 rings (SSSR count). The van der Waals surface area contributed by atoms with Gasteiger partial charge in [-0.15, -0.1) is 11.3 Å². The van der Waals surface area contributed by atoms with Crippen molar-refractivity contribution in [3.05, 3.63) is 52.5 Å². The van der Waals surface area contributed by atoms with Crippen molar-refractivity contribution in [2.45, 2.75) is 51.1 Å². The summed E-state index contributed by atoms with van der Waals surface area (Å²) in [5.41, 5.74) is 1.07. The molecule has 2 atom stereocenters. The van der Waals surface area contributed by atoms with Gasteiger partial charge in [0.2, 0.25) is 5.91 Å². The molecule has 4 nitrogen and oxygen atoms in total. The number of anilines is 1. The molecular weight excluding hydrogens is 397 g/mol. The zero-order valence-corrected chi connectivity index (χ0v) is 18.5. The fourth-order valence-electron chi connectivity index (χ4n) is 4.90. The third-order valence-corrected chi connectivity index (χ3v) is 7.50. The number of benzene rings is 1. The van der Waals surface area contributed by atoms with E-state index in [0.29, 0.717) is 0 Å². The van der Waals surface area contributed by atoms with Crippen LogP contribution in [-0.4, -0.2) is 43.0 Å². The number of nitrogens with zero attached hydrogens (tertiary/aromatic N) is 2. The van der Waals surface area contributed by atoms with Gasteiger partial charge in [0.15, 0.2) is 0 Å². The number of carbonyl (C=O) groups excluding carboxylic acids is 1. The highest BCUT2D eigenvalue weighted by Crippen LogP contribution is 2.31. The number of piperazine rings is 1. The first-order chi connectivity index (χ1) is 14.6. The molecule has 2 fully saturated rings. The maximum atomic E-state index is 13.2. The first kappa shape index (κ1) is 21.3. The highest BCUT2D eigenvalue weighted by molar-refractivity contribution is 7.10. The van der Waals surface area contributed by atoms with E-state index in [1.807, 2.05) is 12.1 Å². The zero-order chi connectivity index (χ0) is 20.9. The largest absolute Gasteiger partial charge is 0.369 e. The maximum Gasteiger partial charge on any atom is 0.223 e. The highest BCUT2D eigenvalue weighted by Gasteiger charge is 2.32. The van der Waals surface area contributed by atoms with Crippen molar-refractivity contribution in [1.82, 2.24) is 10.2 Å². The third kappa shape index (κ3) is 5.03. The Morgan fingerprint density at radius 1 is 1.07 bits per heavy atom. The van der Waals surface area contributed by atoms with Crippen molar-refractivity contribution in [3.63, 3.8) is 0 Å². The van der Waals surface area contributed by atoms with Gasteiger partial charge in [-0.1, -0.05) is 25.3 Å². The lowest BCUT2D eigenvalue weighted by Gasteiger charge is -2.42. The van der Waals surface area contributed by atoms with Gasteiger partial charge in [-0.2, -0.15) is 0 Å². The minimum absolute atomic E-state index is 0.0652. The van der Waals surface area contributed by atoms with E-state index in [-0.39, 0.29) is 29.7 Å². The standard InChI is InChI=1S/C24H32FN3OS/c1-18(26-24(29)19-6-3-2-4-7-19)23(22-8-5-17-30-22)28-15-13-27(14-16-28)21-11-9-20(25)10-12-21/h5,8-12,17-19,23H,2-4,6-7,13-16H2,1H3,(H,26,29)/t18-,23-/m0/s1. The van der Waals surface area contributed by atoms with Gasteiger partial charge in [-0.25, -0.2) is 4.39 Å². The molecule has 162 valence electrons. The van der Waals surface area contributed by atoms with Gasteiger partial charge in [-0.05, 0) is 55.5 Å². The molecule has 2 aliphatic rings. The van der Waals surface area contributed by atoms with E-state index in [1.54, 1.807) is 11.3 Å². The van der Waals surface area contributed by atoms with Crippen molar-refractivity contribution < 1.29 is 9.18 Å². The lowest BCUT2D eigenvalue weighted by atomic mass is 9.88. The molecule has 30 heavy (non-hydrogen) atoms. The summed E-state index contributed by atoms with van der Waals surface area (Å²) in [7, 11) is 0. The van der Waals surface area contributed by atoms with Crippen molar-refractivity contribution >= 4 is 22.9 Å². The summed E-state index contributed by atoms with van der Waals surface area (Å²) in [6.07, 6.45) is 5.66. The Labute approximate surface area is 183 Å². The lowest BCUT2D eigenvalue weighted by Crippen LogP contribution is -2.53. The number of amides is 1. The van der Waals surface area contributed by atoms with Gasteiger partial charge in [-0.3, -0.25) is 9.69 Å². The molecule has 1 aromatic heterocycles. The quantitative estimate of drug-likeness (QED) is 0.714. The van der Waals surface area contributed by atoms with Crippen LogP contribution in [0.2, 0.25) is 0 Å². The topological polar surface area (TPSA) is 35.6 Å². The van der Waals surface area contributed by atoms with Gasteiger partial charge in [0.1, 0.15) is 5.82 Å². The summed E-state index contributed by atoms with van der Waals surface area (Å²) in [5, 5.41) is 5.47. The maximum absolute atomic E-state index is 13.2. The smallest absolute Gasteiger partial charge is 0.223 e. The summed E-state index contributed by atoms with van der Waals surface area (Å²) in [6, 6.07) is 11.3. The van der Waals surface area contributed by atoms with Crippen LogP contribution in [0.3, 0.4) is 0 Å². The fourth-order valence-corrected chi connectivity index (χ4v) is 5.86. The molecule has 2 heterocycles. The Kier molecular flexibility index (Phi) is 7.05. The summed E-state index contributed by atoms with van der Waals surface area (Å²) in [5.74, 6) is 0.215. The molecule has 0 bridgehead atoms. The van der Waals surface area contributed by atoms with Crippen LogP contribution in [0.25, 0.3) is 0 Å². The number of nitrogens with one attached hydrogen (secondary N) is 1. The first-order valence-electron chi connectivity index (χ1n) is 11.2. The predicted molar refractivity (Wildman–Crippen MR) is 121 cm³/mol. The van der Waals surface area contributed by atoms with E-state index < -0.39 is 0 Å². The fraction of sp³-hybridized carbons (Fsp3) is 0.542. The van der Waals surface area contributed by atoms with Gasteiger partial charge in [0, 0.05) is 48.7 Å². The van der Waals surface area contributed by atoms with Crippen LogP contribution in [0.1, 0.15) is 49.9 Å². The Balaban J connectivity index is 1.41. The highest BCUT2D eigenvalue weighted by atomic mass is 32.1. The molecule has 6 heteroatoms. The number of halogens is 1. The van der Waals surface area contributed by atoms with E-state index in [4.69, 9.17) is 0 Å². The van der Waals surface area contributed by atoms with E-state index >= 15 is 0 Å². The monoisotopic (exact) mass is 429 g/mol. The Bertz CT molecular complexity index is 796. The Hall–Kier alpha value is -1.92. The summed E-state index contributed by atoms with van der Waals surface area (Å²) >= 11 is 1.77. The number of thiophene rings is 1. The van der Waals surface area contributed by atoms with Gasteiger partial charge >= 0.3 is 0 Å². The van der Waals surface area contributed by atoms with Crippen LogP contribution < -0.4 is 10.2 Å². The molecule has 1 aromatic carbocycles. The normalized spacial score (nSPS) is 20.7. The summed E-state index contributed by atoms with van der Waals surface area (Å²) in [6.45, 7) is 5.79. The van der Waals surface area contributed by atoms with Gasteiger partial charge < -0.3 is 10.2 Å². The van der Waals surface area contributed by atoms with Crippen LogP contribution in [0.15, 0.2) is 41.8 Å². The van der Waals surface area contributed by atoms with Crippen molar-refractivity contribution in [2.75, 3.05) is 31.1 Å². The molecular formula is C24H32FN3OS. The number of carbonyl (C=O) groups is 1. The van der Waals surface area contributed by atoms with E-state index in [0.717, 1.165) is 44.7 Å². The summed E-state index contributed by atoms with van der Waals surface area (Å²) in [4.78, 5) is 19.0. The molecule has 1 aliphatic heterocycles. The van der Waals surface area contributed by atoms with Gasteiger partial charge in [0.25, 0.3) is 0 Å². The number of hydrogen-bond acceptors (Lipinski definition) is 4. The van der Waals surface area contributed by atoms with Crippen molar-refractivity contribution in [1.29, 1.82) is 0 Å². The minimum Gasteiger partial charge on any atom is -0.369 e. The van der Waals surface area contributed by atoms with E-state index in [9.17, 15) is 9.18 Å². The molecule has 1 aliphatic carbocycles. The number of hydrogen-bond donors (Lipinski definition) is 1. The Morgan fingerprint density at radius 3 is 2.40 bits per heavy atom.